The van der Waals surface area contributed by atoms with Gasteiger partial charge in [0.15, 0.2) is 0 Å². The number of carbonyl (C=O) groups is 1. The van der Waals surface area contributed by atoms with Crippen molar-refractivity contribution >= 4 is 34.7 Å². The van der Waals surface area contributed by atoms with Gasteiger partial charge in [0.25, 0.3) is 5.91 Å². The van der Waals surface area contributed by atoms with E-state index in [2.05, 4.69) is 22.5 Å². The summed E-state index contributed by atoms with van der Waals surface area (Å²) >= 11 is 1.72. The summed E-state index contributed by atoms with van der Waals surface area (Å²) in [4.78, 5) is 13.5. The van der Waals surface area contributed by atoms with E-state index in [1.807, 2.05) is 78.9 Å². The van der Waals surface area contributed by atoms with Gasteiger partial charge in [-0.05, 0) is 60.4 Å². The van der Waals surface area contributed by atoms with Crippen LogP contribution in [0.4, 0.5) is 17.1 Å². The maximum atomic E-state index is 12.4. The molecule has 0 bridgehead atoms. The predicted octanol–water partition coefficient (Wildman–Crippen LogP) is 6.47. The summed E-state index contributed by atoms with van der Waals surface area (Å²) in [6, 6.07) is 24.5. The van der Waals surface area contributed by atoms with Crippen LogP contribution in [0.25, 0.3) is 0 Å². The summed E-state index contributed by atoms with van der Waals surface area (Å²) in [5, 5.41) is 11.3. The fourth-order valence-electron chi connectivity index (χ4n) is 2.32. The van der Waals surface area contributed by atoms with Gasteiger partial charge in [-0.25, -0.2) is 0 Å². The van der Waals surface area contributed by atoms with Gasteiger partial charge in [-0.15, -0.1) is 11.8 Å². The van der Waals surface area contributed by atoms with Crippen molar-refractivity contribution in [2.24, 2.45) is 10.2 Å². The molecule has 4 nitrogen and oxygen atoms in total. The zero-order valence-corrected chi connectivity index (χ0v) is 15.2. The fourth-order valence-corrected chi connectivity index (χ4v) is 3.04. The van der Waals surface area contributed by atoms with Crippen LogP contribution in [0.1, 0.15) is 17.3 Å². The molecule has 0 aromatic heterocycles. The summed E-state index contributed by atoms with van der Waals surface area (Å²) in [5.74, 6) is 0.853. The number of rotatable bonds is 6. The predicted molar refractivity (Wildman–Crippen MR) is 108 cm³/mol. The minimum atomic E-state index is -0.123. The van der Waals surface area contributed by atoms with Crippen LogP contribution in [0.2, 0.25) is 0 Å². The second-order valence-electron chi connectivity index (χ2n) is 5.50. The number of nitrogens with zero attached hydrogens (tertiary/aromatic N) is 2. The molecule has 0 atom stereocenters. The van der Waals surface area contributed by atoms with Gasteiger partial charge in [0.2, 0.25) is 0 Å². The number of azo groups is 1. The Morgan fingerprint density at radius 2 is 1.58 bits per heavy atom. The first kappa shape index (κ1) is 17.9. The van der Waals surface area contributed by atoms with Crippen molar-refractivity contribution in [2.45, 2.75) is 11.8 Å². The molecule has 0 heterocycles. The Morgan fingerprint density at radius 3 is 2.27 bits per heavy atom. The van der Waals surface area contributed by atoms with Gasteiger partial charge < -0.3 is 5.32 Å². The van der Waals surface area contributed by atoms with Crippen LogP contribution in [0, 0.1) is 0 Å². The number of hydrogen-bond donors (Lipinski definition) is 1. The van der Waals surface area contributed by atoms with Crippen molar-refractivity contribution in [3.8, 4) is 0 Å². The Hall–Kier alpha value is -2.92. The standard InChI is InChI=1S/C21H19N3OS/c1-2-26-20-10-6-7-16(15-20)21(25)22-17-11-13-19(14-12-17)24-23-18-8-4-3-5-9-18/h3-15H,2H2,1H3,(H,22,25). The molecule has 5 heteroatoms. The highest BCUT2D eigenvalue weighted by molar-refractivity contribution is 7.99. The van der Waals surface area contributed by atoms with Crippen molar-refractivity contribution in [3.63, 3.8) is 0 Å². The van der Waals surface area contributed by atoms with Crippen LogP contribution in [-0.4, -0.2) is 11.7 Å². The quantitative estimate of drug-likeness (QED) is 0.404. The molecule has 0 aliphatic carbocycles. The topological polar surface area (TPSA) is 53.8 Å². The van der Waals surface area contributed by atoms with Crippen molar-refractivity contribution in [1.29, 1.82) is 0 Å². The highest BCUT2D eigenvalue weighted by Crippen LogP contribution is 2.22. The van der Waals surface area contributed by atoms with E-state index in [4.69, 9.17) is 0 Å². The smallest absolute Gasteiger partial charge is 0.255 e. The van der Waals surface area contributed by atoms with E-state index in [1.54, 1.807) is 11.8 Å². The minimum absolute atomic E-state index is 0.123. The second-order valence-corrected chi connectivity index (χ2v) is 6.83. The first-order chi connectivity index (χ1) is 12.7. The molecule has 0 aliphatic heterocycles. The summed E-state index contributed by atoms with van der Waals surface area (Å²) in [5.41, 5.74) is 2.90. The summed E-state index contributed by atoms with van der Waals surface area (Å²) in [6.07, 6.45) is 0. The fraction of sp³-hybridized carbons (Fsp3) is 0.0952. The highest BCUT2D eigenvalue weighted by atomic mass is 32.2. The molecule has 1 N–H and O–H groups in total. The molecule has 0 radical (unpaired) electrons. The lowest BCUT2D eigenvalue weighted by molar-refractivity contribution is 0.102. The lowest BCUT2D eigenvalue weighted by Crippen LogP contribution is -2.11. The van der Waals surface area contributed by atoms with E-state index in [0.29, 0.717) is 5.56 Å². The molecule has 130 valence electrons. The third-order valence-electron chi connectivity index (χ3n) is 3.57. The van der Waals surface area contributed by atoms with Crippen molar-refractivity contribution in [3.05, 3.63) is 84.4 Å². The Labute approximate surface area is 157 Å². The van der Waals surface area contributed by atoms with E-state index in [9.17, 15) is 4.79 Å². The second kappa shape index (κ2) is 8.97. The lowest BCUT2D eigenvalue weighted by atomic mass is 10.2. The zero-order chi connectivity index (χ0) is 18.2. The van der Waals surface area contributed by atoms with Crippen LogP contribution in [0.5, 0.6) is 0 Å². The van der Waals surface area contributed by atoms with Crippen LogP contribution in [0.15, 0.2) is 94.0 Å². The number of benzene rings is 3. The average molecular weight is 361 g/mol. The van der Waals surface area contributed by atoms with E-state index in [1.165, 1.54) is 0 Å². The largest absolute Gasteiger partial charge is 0.322 e. The number of nitrogens with one attached hydrogen (secondary N) is 1. The van der Waals surface area contributed by atoms with Gasteiger partial charge >= 0.3 is 0 Å². The van der Waals surface area contributed by atoms with Crippen molar-refractivity contribution < 1.29 is 4.79 Å². The SMILES string of the molecule is CCSc1cccc(C(=O)Nc2ccc(N=Nc3ccccc3)cc2)c1. The molecule has 0 spiro atoms. The number of thioether (sulfide) groups is 1. The summed E-state index contributed by atoms with van der Waals surface area (Å²) < 4.78 is 0. The van der Waals surface area contributed by atoms with Gasteiger partial charge in [-0.1, -0.05) is 31.2 Å². The number of carbonyl (C=O) groups excluding carboxylic acids is 1. The molecular formula is C21H19N3OS. The normalized spacial score (nSPS) is 10.8. The molecule has 0 aliphatic rings. The third-order valence-corrected chi connectivity index (χ3v) is 4.45. The maximum absolute atomic E-state index is 12.4. The van der Waals surface area contributed by atoms with E-state index < -0.39 is 0 Å². The minimum Gasteiger partial charge on any atom is -0.322 e. The average Bonchev–Trinajstić information content (AvgIpc) is 2.69. The van der Waals surface area contributed by atoms with Gasteiger partial charge in [-0.2, -0.15) is 10.2 Å². The van der Waals surface area contributed by atoms with Crippen LogP contribution < -0.4 is 5.32 Å². The van der Waals surface area contributed by atoms with Crippen molar-refractivity contribution in [1.82, 2.24) is 0 Å². The van der Waals surface area contributed by atoms with Gasteiger partial charge in [0.1, 0.15) is 0 Å². The molecule has 26 heavy (non-hydrogen) atoms. The Balaban J connectivity index is 1.64. The summed E-state index contributed by atoms with van der Waals surface area (Å²) in [6.45, 7) is 2.09. The molecule has 3 aromatic rings. The Morgan fingerprint density at radius 1 is 0.885 bits per heavy atom. The summed E-state index contributed by atoms with van der Waals surface area (Å²) in [7, 11) is 0. The molecule has 0 fully saturated rings. The van der Waals surface area contributed by atoms with Crippen LogP contribution in [-0.2, 0) is 0 Å². The molecular weight excluding hydrogens is 342 g/mol. The number of hydrogen-bond acceptors (Lipinski definition) is 4. The van der Waals surface area contributed by atoms with E-state index in [0.717, 1.165) is 27.7 Å². The van der Waals surface area contributed by atoms with Gasteiger partial charge in [0, 0.05) is 16.1 Å². The van der Waals surface area contributed by atoms with E-state index in [-0.39, 0.29) is 5.91 Å². The molecule has 1 amide bonds. The Bertz CT molecular complexity index is 893. The third kappa shape index (κ3) is 5.04. The number of amides is 1. The molecule has 0 saturated heterocycles. The molecule has 0 unspecified atom stereocenters. The Kier molecular flexibility index (Phi) is 6.17. The van der Waals surface area contributed by atoms with Crippen molar-refractivity contribution in [2.75, 3.05) is 11.1 Å². The number of anilines is 1. The lowest BCUT2D eigenvalue weighted by Gasteiger charge is -2.07. The molecule has 3 aromatic carbocycles. The van der Waals surface area contributed by atoms with Crippen LogP contribution >= 0.6 is 11.8 Å². The monoisotopic (exact) mass is 361 g/mol. The van der Waals surface area contributed by atoms with Gasteiger partial charge in [-0.3, -0.25) is 4.79 Å². The first-order valence-electron chi connectivity index (χ1n) is 8.35. The van der Waals surface area contributed by atoms with Crippen LogP contribution in [0.3, 0.4) is 0 Å². The maximum Gasteiger partial charge on any atom is 0.255 e. The molecule has 3 rings (SSSR count). The van der Waals surface area contributed by atoms with E-state index >= 15 is 0 Å². The first-order valence-corrected chi connectivity index (χ1v) is 9.34. The molecule has 0 saturated carbocycles. The zero-order valence-electron chi connectivity index (χ0n) is 14.4. The van der Waals surface area contributed by atoms with Gasteiger partial charge in [0.05, 0.1) is 11.4 Å². The highest BCUT2D eigenvalue weighted by Gasteiger charge is 2.07.